The summed E-state index contributed by atoms with van der Waals surface area (Å²) in [7, 11) is 0. The van der Waals surface area contributed by atoms with E-state index in [0.29, 0.717) is 17.1 Å². The van der Waals surface area contributed by atoms with Crippen LogP contribution >= 0.6 is 11.3 Å². The minimum absolute atomic E-state index is 0.00214. The number of benzene rings is 1. The molecule has 1 aromatic carbocycles. The van der Waals surface area contributed by atoms with Crippen molar-refractivity contribution in [3.8, 4) is 22.9 Å². The summed E-state index contributed by atoms with van der Waals surface area (Å²) in [6.45, 7) is 5.18. The van der Waals surface area contributed by atoms with Crippen LogP contribution in [-0.4, -0.2) is 34.9 Å². The Labute approximate surface area is 163 Å². The molecule has 142 valence electrons. The van der Waals surface area contributed by atoms with Crippen LogP contribution in [0, 0.1) is 25.1 Å². The number of hydrogen-bond acceptors (Lipinski definition) is 4. The number of amides is 1. The third-order valence-corrected chi connectivity index (χ3v) is 6.27. The van der Waals surface area contributed by atoms with Crippen molar-refractivity contribution >= 4 is 17.2 Å². The van der Waals surface area contributed by atoms with Crippen LogP contribution < -0.4 is 5.32 Å². The van der Waals surface area contributed by atoms with Gasteiger partial charge in [0.2, 0.25) is 5.91 Å². The maximum Gasteiger partial charge on any atom is 0.237 e. The van der Waals surface area contributed by atoms with E-state index in [9.17, 15) is 9.18 Å². The maximum atomic E-state index is 14.1. The zero-order chi connectivity index (χ0) is 19.4. The lowest BCUT2D eigenvalue weighted by atomic mass is 10.0. The molecule has 1 aromatic heterocycles. The number of thiazole rings is 1. The number of halogens is 1. The lowest BCUT2D eigenvalue weighted by molar-refractivity contribution is -0.128. The number of piperidine rings is 1. The molecule has 6 heteroatoms. The first-order valence-electron chi connectivity index (χ1n) is 9.21. The SMILES string of the molecule is C#CCN1CCCC[C@H]1C(=O)N[C@H](C)c1sc(-c2ccccc2F)nc1C. The zero-order valence-corrected chi connectivity index (χ0v) is 16.5. The van der Waals surface area contributed by atoms with Gasteiger partial charge in [-0.2, -0.15) is 0 Å². The molecular weight excluding hydrogens is 361 g/mol. The van der Waals surface area contributed by atoms with Crippen LogP contribution in [0.2, 0.25) is 0 Å². The number of carbonyl (C=O) groups is 1. The van der Waals surface area contributed by atoms with Gasteiger partial charge in [0.05, 0.1) is 29.2 Å². The van der Waals surface area contributed by atoms with Gasteiger partial charge in [-0.15, -0.1) is 17.8 Å². The summed E-state index contributed by atoms with van der Waals surface area (Å²) in [4.78, 5) is 20.3. The summed E-state index contributed by atoms with van der Waals surface area (Å²) in [5, 5.41) is 3.73. The number of terminal acetylenes is 1. The van der Waals surface area contributed by atoms with E-state index in [4.69, 9.17) is 6.42 Å². The molecule has 2 heterocycles. The lowest BCUT2D eigenvalue weighted by Crippen LogP contribution is -2.49. The fourth-order valence-electron chi connectivity index (χ4n) is 3.53. The molecule has 1 aliphatic rings. The minimum Gasteiger partial charge on any atom is -0.347 e. The van der Waals surface area contributed by atoms with Crippen molar-refractivity contribution in [2.24, 2.45) is 0 Å². The summed E-state index contributed by atoms with van der Waals surface area (Å²) in [5.74, 6) is 2.35. The molecular formula is C21H24FN3OS. The van der Waals surface area contributed by atoms with Gasteiger partial charge in [-0.25, -0.2) is 9.37 Å². The van der Waals surface area contributed by atoms with Crippen molar-refractivity contribution in [3.05, 3.63) is 40.7 Å². The summed E-state index contributed by atoms with van der Waals surface area (Å²) < 4.78 is 14.1. The topological polar surface area (TPSA) is 45.2 Å². The van der Waals surface area contributed by atoms with E-state index in [2.05, 4.69) is 21.1 Å². The largest absolute Gasteiger partial charge is 0.347 e. The van der Waals surface area contributed by atoms with Gasteiger partial charge in [0.25, 0.3) is 0 Å². The normalized spacial score (nSPS) is 18.7. The Bertz CT molecular complexity index is 857. The molecule has 1 amide bonds. The molecule has 0 saturated carbocycles. The van der Waals surface area contributed by atoms with Crippen molar-refractivity contribution in [3.63, 3.8) is 0 Å². The predicted molar refractivity (Wildman–Crippen MR) is 107 cm³/mol. The highest BCUT2D eigenvalue weighted by Crippen LogP contribution is 2.33. The van der Waals surface area contributed by atoms with E-state index in [-0.39, 0.29) is 23.8 Å². The highest BCUT2D eigenvalue weighted by Gasteiger charge is 2.29. The monoisotopic (exact) mass is 385 g/mol. The average molecular weight is 386 g/mol. The Kier molecular flexibility index (Phi) is 6.25. The minimum atomic E-state index is -0.290. The van der Waals surface area contributed by atoms with E-state index >= 15 is 0 Å². The molecule has 2 atom stereocenters. The van der Waals surface area contributed by atoms with E-state index < -0.39 is 0 Å². The molecule has 0 radical (unpaired) electrons. The quantitative estimate of drug-likeness (QED) is 0.794. The first-order valence-corrected chi connectivity index (χ1v) is 10.0. The van der Waals surface area contributed by atoms with Crippen LogP contribution in [0.5, 0.6) is 0 Å². The second-order valence-corrected chi connectivity index (χ2v) is 7.90. The average Bonchev–Trinajstić information content (AvgIpc) is 3.04. The van der Waals surface area contributed by atoms with Crippen molar-refractivity contribution in [1.29, 1.82) is 0 Å². The number of aromatic nitrogens is 1. The molecule has 0 bridgehead atoms. The predicted octanol–water partition coefficient (Wildman–Crippen LogP) is 3.92. The summed E-state index contributed by atoms with van der Waals surface area (Å²) in [6, 6.07) is 6.24. The summed E-state index contributed by atoms with van der Waals surface area (Å²) in [6.07, 6.45) is 8.37. The third-order valence-electron chi connectivity index (χ3n) is 4.90. The van der Waals surface area contributed by atoms with Gasteiger partial charge in [0.1, 0.15) is 10.8 Å². The first-order chi connectivity index (χ1) is 13.0. The number of nitrogens with one attached hydrogen (secondary N) is 1. The van der Waals surface area contributed by atoms with E-state index in [0.717, 1.165) is 36.4 Å². The summed E-state index contributed by atoms with van der Waals surface area (Å²) in [5.41, 5.74) is 1.30. The second-order valence-electron chi connectivity index (χ2n) is 6.86. The Hall–Kier alpha value is -2.23. The van der Waals surface area contributed by atoms with E-state index in [1.807, 2.05) is 13.8 Å². The molecule has 1 saturated heterocycles. The van der Waals surface area contributed by atoms with Gasteiger partial charge >= 0.3 is 0 Å². The Morgan fingerprint density at radius 1 is 1.48 bits per heavy atom. The fraction of sp³-hybridized carbons (Fsp3) is 0.429. The fourth-order valence-corrected chi connectivity index (χ4v) is 4.62. The van der Waals surface area contributed by atoms with Gasteiger partial charge in [-0.3, -0.25) is 9.69 Å². The number of aryl methyl sites for hydroxylation is 1. The Morgan fingerprint density at radius 2 is 2.26 bits per heavy atom. The van der Waals surface area contributed by atoms with Crippen LogP contribution in [0.15, 0.2) is 24.3 Å². The molecule has 0 unspecified atom stereocenters. The van der Waals surface area contributed by atoms with Crippen LogP contribution in [0.4, 0.5) is 4.39 Å². The number of nitrogens with zero attached hydrogens (tertiary/aromatic N) is 2. The van der Waals surface area contributed by atoms with E-state index in [1.54, 1.807) is 18.2 Å². The van der Waals surface area contributed by atoms with Crippen molar-refractivity contribution in [2.75, 3.05) is 13.1 Å². The van der Waals surface area contributed by atoms with Crippen molar-refractivity contribution in [2.45, 2.75) is 45.2 Å². The smallest absolute Gasteiger partial charge is 0.237 e. The molecule has 1 fully saturated rings. The van der Waals surface area contributed by atoms with Crippen LogP contribution in [0.3, 0.4) is 0 Å². The lowest BCUT2D eigenvalue weighted by Gasteiger charge is -2.33. The van der Waals surface area contributed by atoms with Crippen LogP contribution in [0.25, 0.3) is 10.6 Å². The van der Waals surface area contributed by atoms with Crippen molar-refractivity contribution < 1.29 is 9.18 Å². The van der Waals surface area contributed by atoms with Gasteiger partial charge in [0, 0.05) is 5.56 Å². The molecule has 4 nitrogen and oxygen atoms in total. The molecule has 0 aliphatic carbocycles. The third kappa shape index (κ3) is 4.37. The number of hydrogen-bond donors (Lipinski definition) is 1. The standard InChI is InChI=1S/C21H24FN3OS/c1-4-12-25-13-8-7-11-18(25)20(26)23-14(2)19-15(3)24-21(27-19)16-9-5-6-10-17(16)22/h1,5-6,9-10,14,18H,7-8,11-13H2,2-3H3,(H,23,26)/t14-,18+/m1/s1. The van der Waals surface area contributed by atoms with Gasteiger partial charge < -0.3 is 5.32 Å². The molecule has 0 spiro atoms. The Morgan fingerprint density at radius 3 is 3.00 bits per heavy atom. The number of rotatable bonds is 5. The van der Waals surface area contributed by atoms with Gasteiger partial charge in [0.15, 0.2) is 0 Å². The number of carbonyl (C=O) groups excluding carboxylic acids is 1. The first kappa shape index (κ1) is 19.5. The highest BCUT2D eigenvalue weighted by molar-refractivity contribution is 7.15. The van der Waals surface area contributed by atoms with E-state index in [1.165, 1.54) is 17.4 Å². The molecule has 3 rings (SSSR count). The zero-order valence-electron chi connectivity index (χ0n) is 15.7. The van der Waals surface area contributed by atoms with Crippen LogP contribution in [0.1, 0.15) is 42.8 Å². The van der Waals surface area contributed by atoms with Crippen LogP contribution in [-0.2, 0) is 4.79 Å². The molecule has 1 N–H and O–H groups in total. The molecule has 27 heavy (non-hydrogen) atoms. The Balaban J connectivity index is 1.74. The highest BCUT2D eigenvalue weighted by atomic mass is 32.1. The van der Waals surface area contributed by atoms with Gasteiger partial charge in [-0.05, 0) is 45.4 Å². The van der Waals surface area contributed by atoms with Crippen molar-refractivity contribution in [1.82, 2.24) is 15.2 Å². The van der Waals surface area contributed by atoms with Gasteiger partial charge in [-0.1, -0.05) is 24.5 Å². The number of likely N-dealkylation sites (tertiary alicyclic amines) is 1. The second kappa shape index (κ2) is 8.64. The maximum absolute atomic E-state index is 14.1. The molecule has 2 aromatic rings. The summed E-state index contributed by atoms with van der Waals surface area (Å²) >= 11 is 1.42. The molecule has 1 aliphatic heterocycles.